The van der Waals surface area contributed by atoms with E-state index in [9.17, 15) is 4.79 Å². The van der Waals surface area contributed by atoms with Crippen LogP contribution < -0.4 is 0 Å². The molecule has 1 aliphatic rings. The molecule has 0 aromatic rings. The molecular formula is C7H10O4. The summed E-state index contributed by atoms with van der Waals surface area (Å²) >= 11 is 0. The first kappa shape index (κ1) is 7.91. The maximum atomic E-state index is 10.4. The molecule has 0 saturated carbocycles. The second-order valence-electron chi connectivity index (χ2n) is 2.10. The molecule has 4 heteroatoms. The van der Waals surface area contributed by atoms with Crippen molar-refractivity contribution in [3.8, 4) is 0 Å². The molecule has 1 rings (SSSR count). The predicted octanol–water partition coefficient (Wildman–Crippen LogP) is 1.07. The predicted molar refractivity (Wildman–Crippen MR) is 37.0 cm³/mol. The number of carbonyl (C=O) groups is 1. The van der Waals surface area contributed by atoms with E-state index in [1.807, 2.05) is 6.92 Å². The van der Waals surface area contributed by atoms with E-state index in [1.54, 1.807) is 12.3 Å². The molecule has 0 aliphatic carbocycles. The fraction of sp³-hybridized carbons (Fsp3) is 0.571. The molecule has 0 radical (unpaired) electrons. The Balaban J connectivity index is 2.13. The summed E-state index contributed by atoms with van der Waals surface area (Å²) in [7, 11) is 0. The number of carbonyl (C=O) groups excluding carboxylic acids is 1. The first-order valence-corrected chi connectivity index (χ1v) is 3.39. The molecule has 0 bridgehead atoms. The molecule has 0 spiro atoms. The molecule has 0 N–H and O–H groups in total. The van der Waals surface area contributed by atoms with E-state index in [2.05, 4.69) is 9.47 Å². The molecule has 0 aromatic carbocycles. The van der Waals surface area contributed by atoms with Gasteiger partial charge in [0.15, 0.2) is 6.10 Å². The normalized spacial score (nSPS) is 23.4. The van der Waals surface area contributed by atoms with Crippen LogP contribution in [0.4, 0.5) is 4.79 Å². The van der Waals surface area contributed by atoms with Crippen LogP contribution in [0, 0.1) is 0 Å². The largest absolute Gasteiger partial charge is 0.508 e. The van der Waals surface area contributed by atoms with Crippen molar-refractivity contribution in [2.45, 2.75) is 13.0 Å². The SMILES string of the molecule is C/C=C\OC[C@@H]1COC(=O)O1. The van der Waals surface area contributed by atoms with Crippen molar-refractivity contribution in [3.05, 3.63) is 12.3 Å². The Bertz CT molecular complexity index is 164. The topological polar surface area (TPSA) is 44.8 Å². The molecule has 0 unspecified atom stereocenters. The van der Waals surface area contributed by atoms with Gasteiger partial charge in [-0.25, -0.2) is 4.79 Å². The molecule has 1 heterocycles. The molecule has 1 fully saturated rings. The van der Waals surface area contributed by atoms with E-state index in [1.165, 1.54) is 0 Å². The zero-order valence-corrected chi connectivity index (χ0v) is 6.28. The average Bonchev–Trinajstić information content (AvgIpc) is 2.37. The van der Waals surface area contributed by atoms with Gasteiger partial charge in [-0.05, 0) is 6.92 Å². The van der Waals surface area contributed by atoms with Crippen molar-refractivity contribution in [2.24, 2.45) is 0 Å². The number of rotatable bonds is 3. The van der Waals surface area contributed by atoms with Crippen molar-refractivity contribution in [1.82, 2.24) is 0 Å². The minimum Gasteiger partial charge on any atom is -0.498 e. The summed E-state index contributed by atoms with van der Waals surface area (Å²) in [5, 5.41) is 0. The minimum absolute atomic E-state index is 0.251. The molecular weight excluding hydrogens is 148 g/mol. The molecule has 1 aliphatic heterocycles. The fourth-order valence-corrected chi connectivity index (χ4v) is 0.706. The Hall–Kier alpha value is -1.19. The monoisotopic (exact) mass is 158 g/mol. The molecule has 4 nitrogen and oxygen atoms in total. The Morgan fingerprint density at radius 2 is 2.64 bits per heavy atom. The first-order valence-electron chi connectivity index (χ1n) is 3.39. The Kier molecular flexibility index (Phi) is 2.77. The van der Waals surface area contributed by atoms with Gasteiger partial charge >= 0.3 is 6.16 Å². The van der Waals surface area contributed by atoms with E-state index in [4.69, 9.17) is 4.74 Å². The summed E-state index contributed by atoms with van der Waals surface area (Å²) in [6.45, 7) is 2.49. The van der Waals surface area contributed by atoms with Crippen molar-refractivity contribution < 1.29 is 19.0 Å². The van der Waals surface area contributed by atoms with E-state index >= 15 is 0 Å². The Morgan fingerprint density at radius 1 is 1.82 bits per heavy atom. The van der Waals surface area contributed by atoms with Gasteiger partial charge in [-0.2, -0.15) is 0 Å². The van der Waals surface area contributed by atoms with Gasteiger partial charge in [0.25, 0.3) is 0 Å². The van der Waals surface area contributed by atoms with Gasteiger partial charge in [-0.1, -0.05) is 6.08 Å². The summed E-state index contributed by atoms with van der Waals surface area (Å²) in [4.78, 5) is 10.4. The first-order chi connectivity index (χ1) is 5.33. The van der Waals surface area contributed by atoms with Gasteiger partial charge in [-0.3, -0.25) is 0 Å². The van der Waals surface area contributed by atoms with Crippen molar-refractivity contribution >= 4 is 6.16 Å². The fourth-order valence-electron chi connectivity index (χ4n) is 0.706. The number of cyclic esters (lactones) is 2. The average molecular weight is 158 g/mol. The zero-order valence-electron chi connectivity index (χ0n) is 6.28. The Labute approximate surface area is 64.7 Å². The number of hydrogen-bond acceptors (Lipinski definition) is 4. The van der Waals surface area contributed by atoms with Gasteiger partial charge in [0.05, 0.1) is 6.26 Å². The summed E-state index contributed by atoms with van der Waals surface area (Å²) in [6.07, 6.45) is 2.45. The summed E-state index contributed by atoms with van der Waals surface area (Å²) in [6, 6.07) is 0. The van der Waals surface area contributed by atoms with E-state index < -0.39 is 6.16 Å². The van der Waals surface area contributed by atoms with E-state index in [0.29, 0.717) is 6.61 Å². The highest BCUT2D eigenvalue weighted by Gasteiger charge is 2.24. The van der Waals surface area contributed by atoms with Gasteiger partial charge in [0, 0.05) is 0 Å². The third-order valence-corrected chi connectivity index (χ3v) is 1.16. The maximum absolute atomic E-state index is 10.4. The van der Waals surface area contributed by atoms with Crippen LogP contribution >= 0.6 is 0 Å². The third kappa shape index (κ3) is 2.49. The minimum atomic E-state index is -0.612. The van der Waals surface area contributed by atoms with E-state index in [-0.39, 0.29) is 12.7 Å². The lowest BCUT2D eigenvalue weighted by atomic mass is 10.4. The van der Waals surface area contributed by atoms with E-state index in [0.717, 1.165) is 0 Å². The van der Waals surface area contributed by atoms with Crippen molar-refractivity contribution in [3.63, 3.8) is 0 Å². The lowest BCUT2D eigenvalue weighted by Crippen LogP contribution is -2.16. The van der Waals surface area contributed by atoms with Gasteiger partial charge < -0.3 is 14.2 Å². The highest BCUT2D eigenvalue weighted by molar-refractivity contribution is 5.61. The van der Waals surface area contributed by atoms with Gasteiger partial charge in [-0.15, -0.1) is 0 Å². The summed E-state index contributed by atoms with van der Waals surface area (Å²) < 4.78 is 14.2. The van der Waals surface area contributed by atoms with Crippen LogP contribution in [0.3, 0.4) is 0 Å². The molecule has 0 aromatic heterocycles. The van der Waals surface area contributed by atoms with Crippen LogP contribution in [0.25, 0.3) is 0 Å². The van der Waals surface area contributed by atoms with Crippen molar-refractivity contribution in [2.75, 3.05) is 13.2 Å². The lowest BCUT2D eigenvalue weighted by Gasteiger charge is -2.03. The molecule has 1 saturated heterocycles. The second-order valence-corrected chi connectivity index (χ2v) is 2.10. The molecule has 11 heavy (non-hydrogen) atoms. The van der Waals surface area contributed by atoms with Crippen molar-refractivity contribution in [1.29, 1.82) is 0 Å². The zero-order chi connectivity index (χ0) is 8.10. The second kappa shape index (κ2) is 3.85. The van der Waals surface area contributed by atoms with Gasteiger partial charge in [0.1, 0.15) is 13.2 Å². The van der Waals surface area contributed by atoms with Crippen LogP contribution in [0.5, 0.6) is 0 Å². The number of hydrogen-bond donors (Lipinski definition) is 0. The summed E-state index contributed by atoms with van der Waals surface area (Å²) in [5.74, 6) is 0. The highest BCUT2D eigenvalue weighted by atomic mass is 16.8. The smallest absolute Gasteiger partial charge is 0.498 e. The van der Waals surface area contributed by atoms with Gasteiger partial charge in [0.2, 0.25) is 0 Å². The highest BCUT2D eigenvalue weighted by Crippen LogP contribution is 2.05. The molecule has 62 valence electrons. The molecule has 1 atom stereocenters. The number of allylic oxidation sites excluding steroid dienone is 1. The summed E-state index contributed by atoms with van der Waals surface area (Å²) in [5.41, 5.74) is 0. The van der Waals surface area contributed by atoms with Crippen LogP contribution in [0.1, 0.15) is 6.92 Å². The van der Waals surface area contributed by atoms with Crippen LogP contribution in [0.2, 0.25) is 0 Å². The van der Waals surface area contributed by atoms with Crippen LogP contribution in [0.15, 0.2) is 12.3 Å². The number of ether oxygens (including phenoxy) is 3. The van der Waals surface area contributed by atoms with Crippen LogP contribution in [-0.2, 0) is 14.2 Å². The Morgan fingerprint density at radius 3 is 3.18 bits per heavy atom. The van der Waals surface area contributed by atoms with Crippen LogP contribution in [-0.4, -0.2) is 25.5 Å². The third-order valence-electron chi connectivity index (χ3n) is 1.16. The maximum Gasteiger partial charge on any atom is 0.508 e. The standard InChI is InChI=1S/C7H10O4/c1-2-3-9-4-6-5-10-7(8)11-6/h2-3,6H,4-5H2,1H3/b3-2-/t6-/m1/s1. The lowest BCUT2D eigenvalue weighted by molar-refractivity contribution is 0.0852. The quantitative estimate of drug-likeness (QED) is 0.455. The molecule has 0 amide bonds.